The first kappa shape index (κ1) is 18.9. The van der Waals surface area contributed by atoms with Gasteiger partial charge < -0.3 is 4.74 Å². The lowest BCUT2D eigenvalue weighted by molar-refractivity contribution is -0.142. The van der Waals surface area contributed by atoms with E-state index in [2.05, 4.69) is 0 Å². The van der Waals surface area contributed by atoms with E-state index >= 15 is 0 Å². The lowest BCUT2D eigenvalue weighted by Crippen LogP contribution is -2.17. The van der Waals surface area contributed by atoms with E-state index in [0.29, 0.717) is 4.88 Å². The molecule has 2 rings (SSSR count). The average Bonchev–Trinajstić information content (AvgIpc) is 3.07. The van der Waals surface area contributed by atoms with Crippen LogP contribution in [0.2, 0.25) is 10.0 Å². The van der Waals surface area contributed by atoms with Gasteiger partial charge in [0.15, 0.2) is 16.4 Å². The zero-order valence-corrected chi connectivity index (χ0v) is 15.3. The van der Waals surface area contributed by atoms with E-state index in [4.69, 9.17) is 27.9 Å². The van der Waals surface area contributed by atoms with Gasteiger partial charge in [-0.05, 0) is 29.6 Å². The summed E-state index contributed by atoms with van der Waals surface area (Å²) in [6.07, 6.45) is -0.361. The molecule has 0 radical (unpaired) electrons. The normalized spacial score (nSPS) is 11.2. The zero-order chi connectivity index (χ0) is 17.7. The number of hydrogen-bond acceptors (Lipinski definition) is 6. The number of sulfone groups is 1. The van der Waals surface area contributed by atoms with Crippen LogP contribution >= 0.6 is 34.5 Å². The number of rotatable bonds is 7. The molecule has 0 atom stereocenters. The Hall–Kier alpha value is -1.41. The Morgan fingerprint density at radius 1 is 1.12 bits per heavy atom. The minimum Gasteiger partial charge on any atom is -0.457 e. The number of ketones is 1. The van der Waals surface area contributed by atoms with Gasteiger partial charge in [-0.25, -0.2) is 8.42 Å². The molecule has 0 N–H and O–H groups in total. The number of ether oxygens (including phenoxy) is 1. The molecular weight excluding hydrogens is 395 g/mol. The second-order valence-corrected chi connectivity index (χ2v) is 8.58. The first-order valence-corrected chi connectivity index (χ1v) is 9.98. The average molecular weight is 407 g/mol. The summed E-state index contributed by atoms with van der Waals surface area (Å²) in [7, 11) is -3.70. The summed E-state index contributed by atoms with van der Waals surface area (Å²) in [4.78, 5) is 23.8. The van der Waals surface area contributed by atoms with E-state index in [0.717, 1.165) is 0 Å². The van der Waals surface area contributed by atoms with Crippen LogP contribution in [-0.4, -0.2) is 32.5 Å². The van der Waals surface area contributed by atoms with E-state index in [1.54, 1.807) is 17.5 Å². The van der Waals surface area contributed by atoms with Gasteiger partial charge in [0, 0.05) is 0 Å². The van der Waals surface area contributed by atoms with Crippen LogP contribution in [0.15, 0.2) is 40.6 Å². The van der Waals surface area contributed by atoms with Crippen LogP contribution in [0.1, 0.15) is 16.1 Å². The molecule has 0 amide bonds. The summed E-state index contributed by atoms with van der Waals surface area (Å²) in [6, 6.07) is 7.24. The molecule has 0 unspecified atom stereocenters. The molecule has 9 heteroatoms. The summed E-state index contributed by atoms with van der Waals surface area (Å²) in [5, 5.41) is 2.09. The molecule has 0 fully saturated rings. The predicted molar refractivity (Wildman–Crippen MR) is 92.7 cm³/mol. The highest BCUT2D eigenvalue weighted by atomic mass is 35.5. The van der Waals surface area contributed by atoms with Crippen molar-refractivity contribution in [1.82, 2.24) is 0 Å². The number of thiophene rings is 1. The largest absolute Gasteiger partial charge is 0.457 e. The maximum Gasteiger partial charge on any atom is 0.307 e. The topological polar surface area (TPSA) is 77.5 Å². The maximum absolute atomic E-state index is 12.2. The minimum absolute atomic E-state index is 0.0284. The molecule has 1 aromatic heterocycles. The van der Waals surface area contributed by atoms with Crippen molar-refractivity contribution in [3.05, 3.63) is 50.6 Å². The summed E-state index contributed by atoms with van der Waals surface area (Å²) in [5.74, 6) is -1.54. The van der Waals surface area contributed by atoms with Gasteiger partial charge in [0.1, 0.15) is 0 Å². The third-order valence-corrected chi connectivity index (χ3v) is 6.35. The van der Waals surface area contributed by atoms with Crippen molar-refractivity contribution >= 4 is 56.1 Å². The van der Waals surface area contributed by atoms with E-state index in [9.17, 15) is 18.0 Å². The van der Waals surface area contributed by atoms with E-state index in [-0.39, 0.29) is 27.1 Å². The Kier molecular flexibility index (Phi) is 6.40. The highest BCUT2D eigenvalue weighted by Crippen LogP contribution is 2.25. The fourth-order valence-electron chi connectivity index (χ4n) is 1.73. The molecular formula is C15H12Cl2O5S2. The smallest absolute Gasteiger partial charge is 0.307 e. The molecule has 1 aromatic carbocycles. The van der Waals surface area contributed by atoms with Gasteiger partial charge >= 0.3 is 5.97 Å². The standard InChI is InChI=1S/C15H12Cl2O5S2/c16-11-4-3-10(8-12(11)17)24(20,21)7-5-15(19)22-9-13(18)14-2-1-6-23-14/h1-4,6,8H,5,7,9H2. The van der Waals surface area contributed by atoms with Crippen molar-refractivity contribution in [3.8, 4) is 0 Å². The summed E-state index contributed by atoms with van der Waals surface area (Å²) in [6.45, 7) is -0.411. The molecule has 5 nitrogen and oxygen atoms in total. The molecule has 0 saturated heterocycles. The van der Waals surface area contributed by atoms with Gasteiger partial charge in [-0.3, -0.25) is 9.59 Å². The van der Waals surface area contributed by atoms with Gasteiger partial charge in [-0.1, -0.05) is 29.3 Å². The van der Waals surface area contributed by atoms with Crippen molar-refractivity contribution < 1.29 is 22.7 Å². The van der Waals surface area contributed by atoms with Crippen molar-refractivity contribution in [2.45, 2.75) is 11.3 Å². The fraction of sp³-hybridized carbons (Fsp3) is 0.200. The van der Waals surface area contributed by atoms with Crippen LogP contribution in [0.25, 0.3) is 0 Å². The van der Waals surface area contributed by atoms with Crippen LogP contribution in [0, 0.1) is 0 Å². The predicted octanol–water partition coefficient (Wildman–Crippen LogP) is 3.64. The van der Waals surface area contributed by atoms with Crippen LogP contribution < -0.4 is 0 Å². The van der Waals surface area contributed by atoms with Crippen LogP contribution in [0.4, 0.5) is 0 Å². The van der Waals surface area contributed by atoms with Crippen LogP contribution in [0.5, 0.6) is 0 Å². The number of esters is 1. The third kappa shape index (κ3) is 5.04. The molecule has 0 bridgehead atoms. The van der Waals surface area contributed by atoms with Gasteiger partial charge in [0.25, 0.3) is 0 Å². The number of benzene rings is 1. The van der Waals surface area contributed by atoms with Crippen LogP contribution in [0.3, 0.4) is 0 Å². The first-order chi connectivity index (χ1) is 11.3. The number of carbonyl (C=O) groups is 2. The van der Waals surface area contributed by atoms with Crippen molar-refractivity contribution in [2.75, 3.05) is 12.4 Å². The van der Waals surface area contributed by atoms with Crippen LogP contribution in [-0.2, 0) is 19.4 Å². The molecule has 1 heterocycles. The molecule has 0 aliphatic heterocycles. The Balaban J connectivity index is 1.88. The summed E-state index contributed by atoms with van der Waals surface area (Å²) in [5.41, 5.74) is 0. The lowest BCUT2D eigenvalue weighted by atomic mass is 10.3. The summed E-state index contributed by atoms with van der Waals surface area (Å²) >= 11 is 12.8. The summed E-state index contributed by atoms with van der Waals surface area (Å²) < 4.78 is 29.1. The molecule has 2 aromatic rings. The molecule has 0 aliphatic carbocycles. The van der Waals surface area contributed by atoms with Gasteiger partial charge in [0.05, 0.1) is 32.0 Å². The van der Waals surface area contributed by atoms with Crippen molar-refractivity contribution in [3.63, 3.8) is 0 Å². The molecule has 0 aliphatic rings. The van der Waals surface area contributed by atoms with Crippen molar-refractivity contribution in [2.24, 2.45) is 0 Å². The minimum atomic E-state index is -3.70. The van der Waals surface area contributed by atoms with Gasteiger partial charge in [-0.2, -0.15) is 0 Å². The fourth-order valence-corrected chi connectivity index (χ4v) is 3.99. The lowest BCUT2D eigenvalue weighted by Gasteiger charge is -2.06. The quantitative estimate of drug-likeness (QED) is 0.517. The zero-order valence-electron chi connectivity index (χ0n) is 12.2. The molecule has 24 heavy (non-hydrogen) atoms. The Bertz CT molecular complexity index is 845. The number of Topliss-reactive ketones (excluding diaryl/α,β-unsaturated/α-hetero) is 1. The molecule has 0 spiro atoms. The Morgan fingerprint density at radius 2 is 1.88 bits per heavy atom. The van der Waals surface area contributed by atoms with Gasteiger partial charge in [-0.15, -0.1) is 11.3 Å². The SMILES string of the molecule is O=C(CCS(=O)(=O)c1ccc(Cl)c(Cl)c1)OCC(=O)c1cccs1. The second-order valence-electron chi connectivity index (χ2n) is 4.71. The number of halogens is 2. The van der Waals surface area contributed by atoms with Gasteiger partial charge in [0.2, 0.25) is 5.78 Å². The monoisotopic (exact) mass is 406 g/mol. The van der Waals surface area contributed by atoms with E-state index in [1.165, 1.54) is 29.5 Å². The highest BCUT2D eigenvalue weighted by molar-refractivity contribution is 7.91. The Morgan fingerprint density at radius 3 is 2.50 bits per heavy atom. The number of hydrogen-bond donors (Lipinski definition) is 0. The number of carbonyl (C=O) groups excluding carboxylic acids is 2. The van der Waals surface area contributed by atoms with E-state index < -0.39 is 28.2 Å². The van der Waals surface area contributed by atoms with E-state index in [1.807, 2.05) is 0 Å². The second kappa shape index (κ2) is 8.11. The van der Waals surface area contributed by atoms with Crippen molar-refractivity contribution in [1.29, 1.82) is 0 Å². The molecule has 128 valence electrons. The molecule has 0 saturated carbocycles. The third-order valence-electron chi connectivity index (χ3n) is 2.99. The highest BCUT2D eigenvalue weighted by Gasteiger charge is 2.19. The maximum atomic E-state index is 12.2. The Labute approximate surface area is 153 Å². The first-order valence-electron chi connectivity index (χ1n) is 6.70.